The van der Waals surface area contributed by atoms with Crippen molar-refractivity contribution in [2.24, 2.45) is 0 Å². The highest BCUT2D eigenvalue weighted by atomic mass is 35.5. The third kappa shape index (κ3) is 2.66. The van der Waals surface area contributed by atoms with Gasteiger partial charge >= 0.3 is 0 Å². The summed E-state index contributed by atoms with van der Waals surface area (Å²) >= 11 is 5.81. The number of halogens is 1. The minimum Gasteiger partial charge on any atom is -0.223 e. The van der Waals surface area contributed by atoms with Crippen molar-refractivity contribution in [3.8, 4) is 0 Å². The topological polar surface area (TPSA) is 25.8 Å². The highest BCUT2D eigenvalue weighted by Crippen LogP contribution is 2.21. The number of rotatable bonds is 1. The summed E-state index contributed by atoms with van der Waals surface area (Å²) in [6, 6.07) is 2.02. The van der Waals surface area contributed by atoms with Gasteiger partial charge in [0.1, 0.15) is 0 Å². The number of nitrogens with zero attached hydrogens (tertiary/aromatic N) is 2. The van der Waals surface area contributed by atoms with Gasteiger partial charge in [-0.15, -0.1) is 0 Å². The van der Waals surface area contributed by atoms with Gasteiger partial charge in [-0.25, -0.2) is 9.97 Å². The first-order valence-corrected chi connectivity index (χ1v) is 4.85. The molecule has 0 aliphatic heterocycles. The second-order valence-corrected chi connectivity index (χ2v) is 4.46. The Balaban J connectivity index is 3.16. The van der Waals surface area contributed by atoms with Gasteiger partial charge in [0.2, 0.25) is 5.28 Å². The molecular weight excluding hydrogens is 184 g/mol. The Morgan fingerprint density at radius 3 is 2.38 bits per heavy atom. The van der Waals surface area contributed by atoms with Gasteiger partial charge in [0.15, 0.2) is 0 Å². The van der Waals surface area contributed by atoms with Gasteiger partial charge in [0.05, 0.1) is 5.69 Å². The summed E-state index contributed by atoms with van der Waals surface area (Å²) < 4.78 is 0. The lowest BCUT2D eigenvalue weighted by Crippen LogP contribution is -2.14. The molecule has 0 amide bonds. The van der Waals surface area contributed by atoms with Gasteiger partial charge in [-0.1, -0.05) is 27.7 Å². The molecule has 2 nitrogen and oxygen atoms in total. The second kappa shape index (κ2) is 3.62. The predicted molar refractivity (Wildman–Crippen MR) is 55.1 cm³/mol. The zero-order chi connectivity index (χ0) is 10.1. The molecule has 0 fully saturated rings. The molecule has 0 aromatic carbocycles. The molecular formula is C10H15ClN2. The van der Waals surface area contributed by atoms with E-state index in [-0.39, 0.29) is 5.41 Å². The first kappa shape index (κ1) is 10.5. The third-order valence-electron chi connectivity index (χ3n) is 1.88. The van der Waals surface area contributed by atoms with Crippen LogP contribution in [0.1, 0.15) is 39.1 Å². The van der Waals surface area contributed by atoms with Crippen molar-refractivity contribution >= 4 is 11.6 Å². The Hall–Kier alpha value is -0.630. The van der Waals surface area contributed by atoms with Crippen molar-refractivity contribution in [1.82, 2.24) is 9.97 Å². The first-order valence-electron chi connectivity index (χ1n) is 4.47. The van der Waals surface area contributed by atoms with E-state index in [9.17, 15) is 0 Å². The minimum absolute atomic E-state index is 0.0382. The summed E-state index contributed by atoms with van der Waals surface area (Å²) in [4.78, 5) is 8.33. The van der Waals surface area contributed by atoms with E-state index in [0.29, 0.717) is 5.28 Å². The number of hydrogen-bond acceptors (Lipinski definition) is 2. The Morgan fingerprint density at radius 2 is 1.92 bits per heavy atom. The van der Waals surface area contributed by atoms with E-state index in [1.54, 1.807) is 0 Å². The van der Waals surface area contributed by atoms with Crippen LogP contribution in [0.3, 0.4) is 0 Å². The predicted octanol–water partition coefficient (Wildman–Crippen LogP) is 2.99. The first-order chi connectivity index (χ1) is 5.93. The number of aromatic nitrogens is 2. The van der Waals surface area contributed by atoms with Crippen molar-refractivity contribution in [1.29, 1.82) is 0 Å². The van der Waals surface area contributed by atoms with Crippen LogP contribution in [-0.4, -0.2) is 9.97 Å². The van der Waals surface area contributed by atoms with Crippen LogP contribution in [-0.2, 0) is 11.8 Å². The van der Waals surface area contributed by atoms with E-state index in [1.165, 1.54) is 0 Å². The quantitative estimate of drug-likeness (QED) is 0.649. The summed E-state index contributed by atoms with van der Waals surface area (Å²) in [6.07, 6.45) is 0.894. The molecule has 0 N–H and O–H groups in total. The van der Waals surface area contributed by atoms with Crippen molar-refractivity contribution in [2.75, 3.05) is 0 Å². The van der Waals surface area contributed by atoms with E-state index in [4.69, 9.17) is 11.6 Å². The molecule has 0 saturated heterocycles. The summed E-state index contributed by atoms with van der Waals surface area (Å²) in [5.74, 6) is 0. The molecule has 1 aromatic rings. The summed E-state index contributed by atoms with van der Waals surface area (Å²) in [7, 11) is 0. The zero-order valence-electron chi connectivity index (χ0n) is 8.56. The van der Waals surface area contributed by atoms with E-state index >= 15 is 0 Å². The van der Waals surface area contributed by atoms with Crippen LogP contribution < -0.4 is 0 Å². The molecule has 0 aliphatic rings. The van der Waals surface area contributed by atoms with Crippen LogP contribution in [0.5, 0.6) is 0 Å². The van der Waals surface area contributed by atoms with Crippen LogP contribution >= 0.6 is 11.6 Å². The molecule has 3 heteroatoms. The van der Waals surface area contributed by atoms with E-state index in [1.807, 2.05) is 6.07 Å². The van der Waals surface area contributed by atoms with E-state index < -0.39 is 0 Å². The largest absolute Gasteiger partial charge is 0.223 e. The van der Waals surface area contributed by atoms with Crippen LogP contribution in [0.2, 0.25) is 5.28 Å². The maximum Gasteiger partial charge on any atom is 0.222 e. The molecule has 0 radical (unpaired) electrons. The van der Waals surface area contributed by atoms with Gasteiger partial charge in [-0.3, -0.25) is 0 Å². The molecule has 0 aliphatic carbocycles. The average molecular weight is 199 g/mol. The molecule has 0 saturated carbocycles. The maximum absolute atomic E-state index is 5.81. The Bertz CT molecular complexity index is 302. The van der Waals surface area contributed by atoms with Crippen LogP contribution in [0.15, 0.2) is 6.07 Å². The molecule has 0 atom stereocenters. The lowest BCUT2D eigenvalue weighted by Gasteiger charge is -2.18. The fraction of sp³-hybridized carbons (Fsp3) is 0.600. The maximum atomic E-state index is 5.81. The SMILES string of the molecule is CCc1cc(C(C)(C)C)nc(Cl)n1. The highest BCUT2D eigenvalue weighted by Gasteiger charge is 2.16. The number of hydrogen-bond donors (Lipinski definition) is 0. The Kier molecular flexibility index (Phi) is 2.91. The van der Waals surface area contributed by atoms with Gasteiger partial charge in [-0.05, 0) is 24.1 Å². The smallest absolute Gasteiger partial charge is 0.222 e. The van der Waals surface area contributed by atoms with Crippen LogP contribution in [0, 0.1) is 0 Å². The molecule has 72 valence electrons. The van der Waals surface area contributed by atoms with Crippen LogP contribution in [0.4, 0.5) is 0 Å². The average Bonchev–Trinajstić information content (AvgIpc) is 2.01. The van der Waals surface area contributed by atoms with E-state index in [0.717, 1.165) is 17.8 Å². The summed E-state index contributed by atoms with van der Waals surface area (Å²) in [5, 5.41) is 0.351. The monoisotopic (exact) mass is 198 g/mol. The van der Waals surface area contributed by atoms with Gasteiger partial charge in [0.25, 0.3) is 0 Å². The second-order valence-electron chi connectivity index (χ2n) is 4.12. The molecule has 0 spiro atoms. The molecule has 1 aromatic heterocycles. The van der Waals surface area contributed by atoms with Crippen molar-refractivity contribution < 1.29 is 0 Å². The number of aryl methyl sites for hydroxylation is 1. The van der Waals surface area contributed by atoms with Crippen molar-refractivity contribution in [2.45, 2.75) is 39.5 Å². The minimum atomic E-state index is 0.0382. The molecule has 0 unspecified atom stereocenters. The molecule has 1 heterocycles. The fourth-order valence-corrected chi connectivity index (χ4v) is 1.23. The molecule has 1 rings (SSSR count). The Labute approximate surface area is 84.4 Å². The van der Waals surface area contributed by atoms with Crippen LogP contribution in [0.25, 0.3) is 0 Å². The van der Waals surface area contributed by atoms with Gasteiger partial charge < -0.3 is 0 Å². The highest BCUT2D eigenvalue weighted by molar-refractivity contribution is 6.28. The zero-order valence-corrected chi connectivity index (χ0v) is 9.31. The normalized spacial score (nSPS) is 11.8. The van der Waals surface area contributed by atoms with Crippen molar-refractivity contribution in [3.05, 3.63) is 22.7 Å². The fourth-order valence-electron chi connectivity index (χ4n) is 1.03. The lowest BCUT2D eigenvalue weighted by atomic mass is 9.91. The van der Waals surface area contributed by atoms with E-state index in [2.05, 4.69) is 37.7 Å². The third-order valence-corrected chi connectivity index (χ3v) is 2.05. The Morgan fingerprint density at radius 1 is 1.31 bits per heavy atom. The summed E-state index contributed by atoms with van der Waals surface area (Å²) in [6.45, 7) is 8.41. The van der Waals surface area contributed by atoms with Gasteiger partial charge in [0, 0.05) is 11.1 Å². The lowest BCUT2D eigenvalue weighted by molar-refractivity contribution is 0.565. The molecule has 0 bridgehead atoms. The van der Waals surface area contributed by atoms with Crippen molar-refractivity contribution in [3.63, 3.8) is 0 Å². The molecule has 13 heavy (non-hydrogen) atoms. The standard InChI is InChI=1S/C10H15ClN2/c1-5-7-6-8(10(2,3)4)13-9(11)12-7/h6H,5H2,1-4H3. The van der Waals surface area contributed by atoms with Gasteiger partial charge in [-0.2, -0.15) is 0 Å². The summed E-state index contributed by atoms with van der Waals surface area (Å²) in [5.41, 5.74) is 2.05.